The number of para-hydroxylation sites is 2. The van der Waals surface area contributed by atoms with Gasteiger partial charge in [0.2, 0.25) is 0 Å². The van der Waals surface area contributed by atoms with Gasteiger partial charge in [-0.2, -0.15) is 0 Å². The average molecular weight is 437 g/mol. The predicted octanol–water partition coefficient (Wildman–Crippen LogP) is 2.48. The lowest BCUT2D eigenvalue weighted by molar-refractivity contribution is -0.120. The number of β-amino-alcohol motifs (C(OH)–C–C–N with tert-alkyl or cyclic N) is 1. The smallest absolute Gasteiger partial charge is 0.161 e. The van der Waals surface area contributed by atoms with Crippen molar-refractivity contribution in [1.82, 2.24) is 9.80 Å². The van der Waals surface area contributed by atoms with Crippen LogP contribution in [0.1, 0.15) is 30.4 Å². The van der Waals surface area contributed by atoms with Gasteiger partial charge in [-0.25, -0.2) is 0 Å². The fourth-order valence-electron chi connectivity index (χ4n) is 3.26. The molecule has 31 heavy (non-hydrogen) atoms. The van der Waals surface area contributed by atoms with Crippen LogP contribution in [0, 0.1) is 13.7 Å². The summed E-state index contributed by atoms with van der Waals surface area (Å²) in [4.78, 5) is 15.7. The van der Waals surface area contributed by atoms with Crippen molar-refractivity contribution in [2.24, 2.45) is 0 Å². The lowest BCUT2D eigenvalue weighted by atomic mass is 9.98. The van der Waals surface area contributed by atoms with E-state index in [0.29, 0.717) is 11.5 Å². The predicted molar refractivity (Wildman–Crippen MR) is 122 cm³/mol. The van der Waals surface area contributed by atoms with Crippen LogP contribution in [0.5, 0.6) is 11.5 Å². The molecular formula is C25H34N2O4. The summed E-state index contributed by atoms with van der Waals surface area (Å²) in [7, 11) is 1.46. The summed E-state index contributed by atoms with van der Waals surface area (Å²) in [6, 6.07) is 10.4. The van der Waals surface area contributed by atoms with Crippen molar-refractivity contribution >= 4 is 5.78 Å². The zero-order valence-electron chi connectivity index (χ0n) is 27.4. The van der Waals surface area contributed by atoms with Crippen LogP contribution in [0.15, 0.2) is 42.5 Å². The van der Waals surface area contributed by atoms with E-state index in [1.807, 2.05) is 0 Å². The zero-order valence-corrected chi connectivity index (χ0v) is 17.4. The number of piperazine rings is 1. The van der Waals surface area contributed by atoms with Crippen LogP contribution in [-0.4, -0.2) is 79.7 Å². The number of benzene rings is 2. The number of hydrogen-bond donors (Lipinski definition) is 1. The highest BCUT2D eigenvalue weighted by Crippen LogP contribution is 2.25. The molecule has 168 valence electrons. The number of methoxy groups -OCH3 is 1. The van der Waals surface area contributed by atoms with Crippen LogP contribution >= 0.6 is 0 Å². The molecule has 6 heteroatoms. The Morgan fingerprint density at radius 3 is 2.35 bits per heavy atom. The normalized spacial score (nSPS) is 22.6. The number of aliphatic hydroxyl groups excluding tert-OH is 1. The molecular weight excluding hydrogens is 392 g/mol. The van der Waals surface area contributed by atoms with Gasteiger partial charge in [-0.1, -0.05) is 30.3 Å². The fraction of sp³-hybridized carbons (Fsp3) is 0.480. The summed E-state index contributed by atoms with van der Waals surface area (Å²) in [5, 5.41) is 10.6. The third kappa shape index (κ3) is 6.79. The second-order valence-corrected chi connectivity index (χ2v) is 7.12. The van der Waals surface area contributed by atoms with E-state index in [2.05, 4.69) is 0 Å². The number of carbonyl (C=O) groups excluding carboxylic acids is 1. The fourth-order valence-corrected chi connectivity index (χ4v) is 3.26. The van der Waals surface area contributed by atoms with Crippen LogP contribution < -0.4 is 9.47 Å². The molecule has 2 aromatic rings. The summed E-state index contributed by atoms with van der Waals surface area (Å²) in [6.45, 7) is -10.8. The highest BCUT2D eigenvalue weighted by atomic mass is 16.5. The molecule has 0 spiro atoms. The Bertz CT molecular complexity index is 1180. The van der Waals surface area contributed by atoms with Gasteiger partial charge in [-0.3, -0.25) is 14.6 Å². The monoisotopic (exact) mass is 436 g/mol. The minimum atomic E-state index is -2.71. The molecule has 0 saturated carbocycles. The zero-order chi connectivity index (χ0) is 30.8. The van der Waals surface area contributed by atoms with Gasteiger partial charge in [-0.15, -0.1) is 0 Å². The van der Waals surface area contributed by atoms with Gasteiger partial charge >= 0.3 is 0 Å². The van der Waals surface area contributed by atoms with Gasteiger partial charge in [0.1, 0.15) is 12.7 Å². The first-order valence-electron chi connectivity index (χ1n) is 15.0. The topological polar surface area (TPSA) is 62.2 Å². The van der Waals surface area contributed by atoms with E-state index < -0.39 is 45.0 Å². The largest absolute Gasteiger partial charge is 0.493 e. The first-order valence-corrected chi connectivity index (χ1v) is 10.0. The third-order valence-corrected chi connectivity index (χ3v) is 4.87. The van der Waals surface area contributed by atoms with Crippen molar-refractivity contribution in [3.63, 3.8) is 0 Å². The summed E-state index contributed by atoms with van der Waals surface area (Å²) >= 11 is 0. The maximum Gasteiger partial charge on any atom is 0.161 e. The van der Waals surface area contributed by atoms with Crippen molar-refractivity contribution < 1.29 is 33.1 Å². The van der Waals surface area contributed by atoms with Crippen LogP contribution in [0.3, 0.4) is 0 Å². The molecule has 0 amide bonds. The Balaban J connectivity index is 1.69. The second-order valence-electron chi connectivity index (χ2n) is 7.12. The summed E-state index contributed by atoms with van der Waals surface area (Å²) in [6.07, 6.45) is -2.30. The number of carbonyl (C=O) groups is 1. The van der Waals surface area contributed by atoms with Gasteiger partial charge in [-0.05, 0) is 42.5 Å². The molecule has 6 nitrogen and oxygen atoms in total. The van der Waals surface area contributed by atoms with E-state index >= 15 is 0 Å². The molecule has 1 fully saturated rings. The van der Waals surface area contributed by atoms with Crippen molar-refractivity contribution in [3.05, 3.63) is 59.2 Å². The first kappa shape index (κ1) is 13.2. The van der Waals surface area contributed by atoms with E-state index in [-0.39, 0.29) is 49.5 Å². The Morgan fingerprint density at radius 1 is 1.06 bits per heavy atom. The number of rotatable bonds is 10. The quantitative estimate of drug-likeness (QED) is 0.617. The van der Waals surface area contributed by atoms with Crippen LogP contribution in [-0.2, 0) is 11.2 Å². The van der Waals surface area contributed by atoms with Gasteiger partial charge in [0.25, 0.3) is 0 Å². The van der Waals surface area contributed by atoms with E-state index in [1.165, 1.54) is 35.1 Å². The molecule has 0 aliphatic carbocycles. The molecule has 2 aromatic carbocycles. The van der Waals surface area contributed by atoms with E-state index in [4.69, 9.17) is 23.2 Å². The van der Waals surface area contributed by atoms with Crippen LogP contribution in [0.2, 0.25) is 0 Å². The number of nitrogens with zero attached hydrogens (tertiary/aromatic N) is 2. The molecule has 0 aromatic heterocycles. The first-order chi connectivity index (χ1) is 18.9. The van der Waals surface area contributed by atoms with Gasteiger partial charge in [0.05, 0.1) is 16.3 Å². The van der Waals surface area contributed by atoms with Gasteiger partial charge in [0.15, 0.2) is 17.3 Å². The molecule has 1 saturated heterocycles. The third-order valence-electron chi connectivity index (χ3n) is 4.87. The van der Waals surface area contributed by atoms with Crippen molar-refractivity contribution in [1.29, 1.82) is 0 Å². The maximum absolute atomic E-state index is 13.2. The molecule has 0 radical (unpaired) electrons. The van der Waals surface area contributed by atoms with Crippen molar-refractivity contribution in [2.45, 2.75) is 26.2 Å². The summed E-state index contributed by atoms with van der Waals surface area (Å²) in [5.74, 6) is -0.252. The molecule has 1 heterocycles. The van der Waals surface area contributed by atoms with Gasteiger partial charge in [0, 0.05) is 50.1 Å². The van der Waals surface area contributed by atoms with Crippen molar-refractivity contribution in [2.75, 3.05) is 52.9 Å². The molecule has 1 atom stereocenters. The molecule has 1 unspecified atom stereocenters. The number of ether oxygens (including phenoxy) is 2. The minimum Gasteiger partial charge on any atom is -0.493 e. The Kier molecular flexibility index (Phi) is 4.81. The lowest BCUT2D eigenvalue weighted by Crippen LogP contribution is -2.50. The summed E-state index contributed by atoms with van der Waals surface area (Å²) in [5.41, 5.74) is -0.884. The molecule has 1 aliphatic heterocycles. The van der Waals surface area contributed by atoms with E-state index in [0.717, 1.165) is 0 Å². The summed E-state index contributed by atoms with van der Waals surface area (Å²) < 4.78 is 91.4. The average Bonchev–Trinajstić information content (AvgIpc) is 2.90. The Morgan fingerprint density at radius 2 is 1.71 bits per heavy atom. The lowest BCUT2D eigenvalue weighted by Gasteiger charge is -2.35. The van der Waals surface area contributed by atoms with Crippen LogP contribution in [0.25, 0.3) is 0 Å². The second kappa shape index (κ2) is 11.3. The van der Waals surface area contributed by atoms with E-state index in [9.17, 15) is 9.90 Å². The molecule has 1 N–H and O–H groups in total. The number of hydrogen-bond acceptors (Lipinski definition) is 6. The number of aliphatic hydroxyl groups is 1. The molecule has 0 bridgehead atoms. The minimum absolute atomic E-state index is 0.0299. The highest BCUT2D eigenvalue weighted by Gasteiger charge is 2.21. The number of ketones is 1. The molecule has 1 aliphatic rings. The number of aryl methyl sites for hydroxylation is 2. The van der Waals surface area contributed by atoms with Gasteiger partial charge < -0.3 is 14.6 Å². The Labute approximate surface area is 199 Å². The van der Waals surface area contributed by atoms with Crippen LogP contribution in [0.4, 0.5) is 0 Å². The van der Waals surface area contributed by atoms with Crippen molar-refractivity contribution in [3.8, 4) is 11.5 Å². The SMILES string of the molecule is [2H]C([2H])([2H])c1cccc(C([2H])([2H])[2H])c1CC(=O)C([2H])([2H])N1CCN(C([2H])([2H])C(O)COc2ccccc2OC)CC1. The standard InChI is InChI=1S/C25H34N2O4/c1-19-7-6-8-20(2)23(19)15-21(28)16-26-11-13-27(14-12-26)17-22(29)18-31-25-10-5-4-9-24(25)30-3/h4-10,22,29H,11-18H2,1-3H3/i1D3,2D3,16D2,17D2. The molecule has 3 rings (SSSR count). The maximum atomic E-state index is 13.2. The Hall–Kier alpha value is -2.41. The highest BCUT2D eigenvalue weighted by molar-refractivity contribution is 5.83. The van der Waals surface area contributed by atoms with E-state index in [1.54, 1.807) is 24.3 Å². The number of Topliss-reactive ketones (excluding diaryl/α,β-unsaturated/α-hetero) is 1.